The summed E-state index contributed by atoms with van der Waals surface area (Å²) in [6.07, 6.45) is 3.55. The molecule has 16 heavy (non-hydrogen) atoms. The van der Waals surface area contributed by atoms with Crippen molar-refractivity contribution >= 4 is 0 Å². The third kappa shape index (κ3) is 2.81. The summed E-state index contributed by atoms with van der Waals surface area (Å²) in [6, 6.07) is 11.3. The van der Waals surface area contributed by atoms with Gasteiger partial charge in [-0.1, -0.05) is 18.2 Å². The van der Waals surface area contributed by atoms with E-state index in [1.54, 1.807) is 18.5 Å². The quantitative estimate of drug-likeness (QED) is 0.819. The van der Waals surface area contributed by atoms with Crippen LogP contribution in [0, 0.1) is 0 Å². The van der Waals surface area contributed by atoms with Gasteiger partial charge in [0.25, 0.3) is 0 Å². The minimum atomic E-state index is 0.338. The van der Waals surface area contributed by atoms with Crippen LogP contribution in [-0.4, -0.2) is 10.1 Å². The van der Waals surface area contributed by atoms with Crippen molar-refractivity contribution in [2.45, 2.75) is 13.1 Å². The number of hydrogen-bond acceptors (Lipinski definition) is 3. The van der Waals surface area contributed by atoms with Crippen molar-refractivity contribution in [3.63, 3.8) is 0 Å². The molecule has 0 fully saturated rings. The first-order chi connectivity index (χ1) is 7.86. The average Bonchev–Trinajstić information content (AvgIpc) is 2.33. The first-order valence-corrected chi connectivity index (χ1v) is 5.23. The summed E-state index contributed by atoms with van der Waals surface area (Å²) >= 11 is 0. The maximum Gasteiger partial charge on any atom is 0.120 e. The van der Waals surface area contributed by atoms with Crippen LogP contribution in [0.2, 0.25) is 0 Å². The van der Waals surface area contributed by atoms with Gasteiger partial charge in [0.05, 0.1) is 0 Å². The predicted octanol–water partition coefficient (Wildman–Crippen LogP) is 2.08. The number of benzene rings is 1. The summed E-state index contributed by atoms with van der Waals surface area (Å²) < 4.78 is 0. The molecule has 2 rings (SSSR count). The minimum absolute atomic E-state index is 0.338. The second-order valence-electron chi connectivity index (χ2n) is 3.59. The number of phenolic OH excluding ortho intramolecular Hbond substituents is 1. The largest absolute Gasteiger partial charge is 0.508 e. The summed E-state index contributed by atoms with van der Waals surface area (Å²) in [6.45, 7) is 1.44. The lowest BCUT2D eigenvalue weighted by Crippen LogP contribution is -2.12. The van der Waals surface area contributed by atoms with Crippen LogP contribution in [-0.2, 0) is 13.1 Å². The number of aromatic nitrogens is 1. The Labute approximate surface area is 94.8 Å². The predicted molar refractivity (Wildman–Crippen MR) is 62.9 cm³/mol. The SMILES string of the molecule is Oc1ccccc1CNCc1ccncc1. The highest BCUT2D eigenvalue weighted by Crippen LogP contribution is 2.14. The van der Waals surface area contributed by atoms with Crippen molar-refractivity contribution in [3.05, 3.63) is 59.9 Å². The summed E-state index contributed by atoms with van der Waals surface area (Å²) in [4.78, 5) is 3.96. The van der Waals surface area contributed by atoms with Gasteiger partial charge in [0.2, 0.25) is 0 Å². The van der Waals surface area contributed by atoms with Gasteiger partial charge in [0, 0.05) is 31.0 Å². The van der Waals surface area contributed by atoms with Gasteiger partial charge >= 0.3 is 0 Å². The van der Waals surface area contributed by atoms with E-state index in [0.717, 1.165) is 12.1 Å². The number of rotatable bonds is 4. The zero-order valence-corrected chi connectivity index (χ0v) is 8.93. The third-order valence-corrected chi connectivity index (χ3v) is 2.39. The molecule has 3 heteroatoms. The van der Waals surface area contributed by atoms with Crippen molar-refractivity contribution in [1.82, 2.24) is 10.3 Å². The van der Waals surface area contributed by atoms with Gasteiger partial charge < -0.3 is 10.4 Å². The van der Waals surface area contributed by atoms with Gasteiger partial charge in [0.1, 0.15) is 5.75 Å². The van der Waals surface area contributed by atoms with Crippen LogP contribution < -0.4 is 5.32 Å². The molecule has 1 heterocycles. The lowest BCUT2D eigenvalue weighted by atomic mass is 10.2. The van der Waals surface area contributed by atoms with Crippen molar-refractivity contribution in [3.8, 4) is 5.75 Å². The number of pyridine rings is 1. The van der Waals surface area contributed by atoms with Gasteiger partial charge in [-0.3, -0.25) is 4.98 Å². The molecule has 3 nitrogen and oxygen atoms in total. The van der Waals surface area contributed by atoms with Crippen molar-refractivity contribution < 1.29 is 5.11 Å². The molecule has 0 unspecified atom stereocenters. The molecule has 0 aliphatic heterocycles. The van der Waals surface area contributed by atoms with Crippen molar-refractivity contribution in [2.24, 2.45) is 0 Å². The van der Waals surface area contributed by atoms with Gasteiger partial charge in [-0.25, -0.2) is 0 Å². The molecule has 0 aliphatic rings. The molecule has 0 radical (unpaired) electrons. The van der Waals surface area contributed by atoms with Crippen molar-refractivity contribution in [2.75, 3.05) is 0 Å². The number of para-hydroxylation sites is 1. The zero-order valence-electron chi connectivity index (χ0n) is 8.93. The number of phenols is 1. The van der Waals surface area contributed by atoms with E-state index in [1.807, 2.05) is 30.3 Å². The van der Waals surface area contributed by atoms with Crippen molar-refractivity contribution in [1.29, 1.82) is 0 Å². The van der Waals surface area contributed by atoms with E-state index >= 15 is 0 Å². The summed E-state index contributed by atoms with van der Waals surface area (Å²) in [5, 5.41) is 12.8. The third-order valence-electron chi connectivity index (χ3n) is 2.39. The van der Waals surface area contributed by atoms with Crippen LogP contribution in [0.1, 0.15) is 11.1 Å². The highest BCUT2D eigenvalue weighted by atomic mass is 16.3. The normalized spacial score (nSPS) is 10.2. The van der Waals surface area contributed by atoms with Gasteiger partial charge in [-0.05, 0) is 23.8 Å². The maximum atomic E-state index is 9.56. The molecule has 2 N–H and O–H groups in total. The minimum Gasteiger partial charge on any atom is -0.508 e. The Morgan fingerprint density at radius 3 is 2.50 bits per heavy atom. The fourth-order valence-electron chi connectivity index (χ4n) is 1.50. The molecule has 82 valence electrons. The zero-order chi connectivity index (χ0) is 11.2. The molecule has 1 aromatic carbocycles. The first-order valence-electron chi connectivity index (χ1n) is 5.23. The molecule has 1 aromatic heterocycles. The van der Waals surface area contributed by atoms with Crippen LogP contribution >= 0.6 is 0 Å². The topological polar surface area (TPSA) is 45.1 Å². The molecule has 2 aromatic rings. The van der Waals surface area contributed by atoms with E-state index in [9.17, 15) is 5.11 Å². The molecule has 0 saturated carbocycles. The number of hydrogen-bond donors (Lipinski definition) is 2. The number of aromatic hydroxyl groups is 1. The Morgan fingerprint density at radius 1 is 1.00 bits per heavy atom. The van der Waals surface area contributed by atoms with Gasteiger partial charge in [-0.2, -0.15) is 0 Å². The maximum absolute atomic E-state index is 9.56. The number of nitrogens with one attached hydrogen (secondary N) is 1. The fourth-order valence-corrected chi connectivity index (χ4v) is 1.50. The monoisotopic (exact) mass is 214 g/mol. The Bertz CT molecular complexity index is 443. The molecule has 0 atom stereocenters. The number of nitrogens with zero attached hydrogens (tertiary/aromatic N) is 1. The molecular formula is C13H14N2O. The van der Waals surface area contributed by atoms with Crippen LogP contribution in [0.15, 0.2) is 48.8 Å². The summed E-state index contributed by atoms with van der Waals surface area (Å²) in [5.74, 6) is 0.338. The standard InChI is InChI=1S/C13H14N2O/c16-13-4-2-1-3-12(13)10-15-9-11-5-7-14-8-6-11/h1-8,15-16H,9-10H2. The smallest absolute Gasteiger partial charge is 0.120 e. The summed E-state index contributed by atoms with van der Waals surface area (Å²) in [5.41, 5.74) is 2.10. The van der Waals surface area contributed by atoms with Crippen LogP contribution in [0.25, 0.3) is 0 Å². The molecule has 0 aliphatic carbocycles. The lowest BCUT2D eigenvalue weighted by molar-refractivity contribution is 0.464. The second kappa shape index (κ2) is 5.28. The Morgan fingerprint density at radius 2 is 1.75 bits per heavy atom. The van der Waals surface area contributed by atoms with E-state index in [4.69, 9.17) is 0 Å². The van der Waals surface area contributed by atoms with E-state index in [0.29, 0.717) is 12.3 Å². The molecule has 0 saturated heterocycles. The molecule has 0 bridgehead atoms. The average molecular weight is 214 g/mol. The highest BCUT2D eigenvalue weighted by molar-refractivity contribution is 5.31. The molecule has 0 amide bonds. The first kappa shape index (κ1) is 10.6. The van der Waals surface area contributed by atoms with E-state index in [2.05, 4.69) is 10.3 Å². The molecule has 0 spiro atoms. The van der Waals surface area contributed by atoms with Crippen LogP contribution in [0.5, 0.6) is 5.75 Å². The van der Waals surface area contributed by atoms with E-state index in [-0.39, 0.29) is 0 Å². The summed E-state index contributed by atoms with van der Waals surface area (Å²) in [7, 11) is 0. The van der Waals surface area contributed by atoms with Crippen LogP contribution in [0.4, 0.5) is 0 Å². The molecular weight excluding hydrogens is 200 g/mol. The fraction of sp³-hybridized carbons (Fsp3) is 0.154. The van der Waals surface area contributed by atoms with Gasteiger partial charge in [0.15, 0.2) is 0 Å². The Kier molecular flexibility index (Phi) is 3.51. The highest BCUT2D eigenvalue weighted by Gasteiger charge is 1.98. The lowest BCUT2D eigenvalue weighted by Gasteiger charge is -2.06. The van der Waals surface area contributed by atoms with Crippen LogP contribution in [0.3, 0.4) is 0 Å². The van der Waals surface area contributed by atoms with Gasteiger partial charge in [-0.15, -0.1) is 0 Å². The Hall–Kier alpha value is -1.87. The van der Waals surface area contributed by atoms with E-state index < -0.39 is 0 Å². The second-order valence-corrected chi connectivity index (χ2v) is 3.59. The van der Waals surface area contributed by atoms with E-state index in [1.165, 1.54) is 5.56 Å². The Balaban J connectivity index is 1.87.